The van der Waals surface area contributed by atoms with E-state index in [1.807, 2.05) is 33.8 Å². The molecule has 2 saturated heterocycles. The number of thioether (sulfide) groups is 1. The highest BCUT2D eigenvalue weighted by molar-refractivity contribution is 7.99. The number of piperidine rings is 1. The number of aromatic nitrogens is 3. The molecule has 8 heteroatoms. The summed E-state index contributed by atoms with van der Waals surface area (Å²) in [7, 11) is 2.08. The molecule has 0 bridgehead atoms. The average molecular weight is 360 g/mol. The van der Waals surface area contributed by atoms with E-state index in [-0.39, 0.29) is 12.1 Å². The molecule has 25 heavy (non-hydrogen) atoms. The number of urea groups is 1. The highest BCUT2D eigenvalue weighted by atomic mass is 32.2. The predicted molar refractivity (Wildman–Crippen MR) is 101 cm³/mol. The van der Waals surface area contributed by atoms with Gasteiger partial charge in [-0.15, -0.1) is 11.8 Å². The predicted octanol–water partition coefficient (Wildman–Crippen LogP) is 2.23. The maximum absolute atomic E-state index is 12.8. The summed E-state index contributed by atoms with van der Waals surface area (Å²) in [5.41, 5.74) is 0.849. The molecule has 7 nitrogen and oxygen atoms in total. The molecule has 134 valence electrons. The third-order valence-corrected chi connectivity index (χ3v) is 6.34. The molecule has 0 aliphatic carbocycles. The molecular formula is C17H24N6OS. The number of fused-ring (bicyclic) bond motifs is 1. The van der Waals surface area contributed by atoms with E-state index >= 15 is 0 Å². The van der Waals surface area contributed by atoms with E-state index in [1.165, 1.54) is 0 Å². The maximum Gasteiger partial charge on any atom is 0.320 e. The highest BCUT2D eigenvalue weighted by Crippen LogP contribution is 2.29. The Morgan fingerprint density at radius 1 is 1.36 bits per heavy atom. The zero-order valence-corrected chi connectivity index (χ0v) is 15.5. The van der Waals surface area contributed by atoms with E-state index < -0.39 is 0 Å². The minimum absolute atomic E-state index is 0.185. The summed E-state index contributed by atoms with van der Waals surface area (Å²) in [6.45, 7) is 4.72. The molecule has 0 saturated carbocycles. The summed E-state index contributed by atoms with van der Waals surface area (Å²) in [6, 6.07) is 2.45. The van der Waals surface area contributed by atoms with Crippen molar-refractivity contribution < 1.29 is 4.79 Å². The van der Waals surface area contributed by atoms with Crippen LogP contribution in [0.5, 0.6) is 0 Å². The molecule has 2 aromatic rings. The van der Waals surface area contributed by atoms with Gasteiger partial charge in [-0.2, -0.15) is 0 Å². The number of carbonyl (C=O) groups is 1. The van der Waals surface area contributed by atoms with Crippen molar-refractivity contribution in [2.24, 2.45) is 5.92 Å². The Hall–Kier alpha value is -1.96. The van der Waals surface area contributed by atoms with Crippen molar-refractivity contribution in [1.82, 2.24) is 24.8 Å². The fourth-order valence-electron chi connectivity index (χ4n) is 3.79. The lowest BCUT2D eigenvalue weighted by Gasteiger charge is -2.43. The van der Waals surface area contributed by atoms with Gasteiger partial charge in [0.2, 0.25) is 0 Å². The maximum atomic E-state index is 12.8. The monoisotopic (exact) mass is 360 g/mol. The lowest BCUT2D eigenvalue weighted by molar-refractivity contribution is 0.135. The number of nitrogens with one attached hydrogen (secondary N) is 1. The fraction of sp³-hybridized carbons (Fsp3) is 0.588. The minimum Gasteiger partial charge on any atom is -0.354 e. The molecule has 2 fully saturated rings. The first-order chi connectivity index (χ1) is 12.1. The first-order valence-corrected chi connectivity index (χ1v) is 9.93. The van der Waals surface area contributed by atoms with Crippen molar-refractivity contribution in [2.45, 2.75) is 19.4 Å². The van der Waals surface area contributed by atoms with E-state index in [0.29, 0.717) is 5.92 Å². The third-order valence-electron chi connectivity index (χ3n) is 5.38. The van der Waals surface area contributed by atoms with Crippen LogP contribution in [0.25, 0.3) is 11.0 Å². The SMILES string of the molecule is CC1CCN(C(=O)N2CCSC2)CC1N(C)c1ncnc2[nH]ccc12. The Morgan fingerprint density at radius 3 is 3.04 bits per heavy atom. The topological polar surface area (TPSA) is 68.4 Å². The number of amides is 2. The summed E-state index contributed by atoms with van der Waals surface area (Å²) < 4.78 is 0. The van der Waals surface area contributed by atoms with Crippen LogP contribution in [-0.2, 0) is 0 Å². The van der Waals surface area contributed by atoms with Crippen molar-refractivity contribution in [1.29, 1.82) is 0 Å². The highest BCUT2D eigenvalue weighted by Gasteiger charge is 2.34. The minimum atomic E-state index is 0.185. The summed E-state index contributed by atoms with van der Waals surface area (Å²) in [5, 5.41) is 1.02. The number of likely N-dealkylation sites (tertiary alicyclic amines) is 1. The standard InChI is InChI=1S/C17H24N6OS/c1-12-4-6-22(17(24)23-7-8-25-11-23)9-14(12)21(2)16-13-3-5-18-15(13)19-10-20-16/h3,5,10,12,14H,4,6-9,11H2,1-2H3,(H,18,19,20). The second-order valence-corrected chi connectivity index (χ2v) is 7.99. The Kier molecular flexibility index (Phi) is 4.45. The van der Waals surface area contributed by atoms with Crippen LogP contribution < -0.4 is 4.90 Å². The van der Waals surface area contributed by atoms with Gasteiger partial charge in [0, 0.05) is 38.6 Å². The Morgan fingerprint density at radius 2 is 2.24 bits per heavy atom. The van der Waals surface area contributed by atoms with Gasteiger partial charge in [-0.25, -0.2) is 14.8 Å². The van der Waals surface area contributed by atoms with Crippen molar-refractivity contribution in [2.75, 3.05) is 43.2 Å². The van der Waals surface area contributed by atoms with E-state index in [9.17, 15) is 4.79 Å². The van der Waals surface area contributed by atoms with Crippen molar-refractivity contribution in [3.63, 3.8) is 0 Å². The van der Waals surface area contributed by atoms with Crippen LogP contribution in [0, 0.1) is 5.92 Å². The van der Waals surface area contributed by atoms with Crippen molar-refractivity contribution >= 4 is 34.6 Å². The lowest BCUT2D eigenvalue weighted by atomic mass is 9.92. The van der Waals surface area contributed by atoms with Crippen LogP contribution >= 0.6 is 11.8 Å². The van der Waals surface area contributed by atoms with Crippen molar-refractivity contribution in [3.05, 3.63) is 18.6 Å². The van der Waals surface area contributed by atoms with Gasteiger partial charge >= 0.3 is 6.03 Å². The number of hydrogen-bond donors (Lipinski definition) is 1. The van der Waals surface area contributed by atoms with Gasteiger partial charge in [0.05, 0.1) is 17.3 Å². The average Bonchev–Trinajstić information content (AvgIpc) is 3.32. The smallest absolute Gasteiger partial charge is 0.320 e. The summed E-state index contributed by atoms with van der Waals surface area (Å²) in [5.74, 6) is 3.30. The molecule has 0 aromatic carbocycles. The van der Waals surface area contributed by atoms with E-state index in [1.54, 1.807) is 6.33 Å². The van der Waals surface area contributed by atoms with Gasteiger partial charge in [-0.1, -0.05) is 6.92 Å². The van der Waals surface area contributed by atoms with Crippen molar-refractivity contribution in [3.8, 4) is 0 Å². The molecule has 2 atom stereocenters. The van der Waals surface area contributed by atoms with E-state index in [2.05, 4.69) is 33.8 Å². The molecule has 2 unspecified atom stereocenters. The Bertz CT molecular complexity index is 758. The number of hydrogen-bond acceptors (Lipinski definition) is 5. The first-order valence-electron chi connectivity index (χ1n) is 8.77. The van der Waals surface area contributed by atoms with Crippen LogP contribution in [0.2, 0.25) is 0 Å². The number of aromatic amines is 1. The molecule has 2 amide bonds. The van der Waals surface area contributed by atoms with Gasteiger partial charge in [-0.05, 0) is 18.4 Å². The number of likely N-dealkylation sites (N-methyl/N-ethyl adjacent to an activating group) is 1. The Balaban J connectivity index is 1.55. The van der Waals surface area contributed by atoms with Crippen LogP contribution in [0.15, 0.2) is 18.6 Å². The molecule has 0 radical (unpaired) electrons. The summed E-state index contributed by atoms with van der Waals surface area (Å²) in [6.07, 6.45) is 4.51. The second kappa shape index (κ2) is 6.74. The van der Waals surface area contributed by atoms with Crippen LogP contribution in [0.3, 0.4) is 0 Å². The third kappa shape index (κ3) is 3.03. The molecule has 2 aliphatic heterocycles. The Labute approximate surface area is 151 Å². The van der Waals surface area contributed by atoms with Gasteiger partial charge in [0.15, 0.2) is 0 Å². The zero-order valence-electron chi connectivity index (χ0n) is 14.7. The zero-order chi connectivity index (χ0) is 17.4. The van der Waals surface area contributed by atoms with Gasteiger partial charge in [-0.3, -0.25) is 0 Å². The van der Waals surface area contributed by atoms with Gasteiger partial charge in [0.1, 0.15) is 17.8 Å². The number of H-pyrrole nitrogens is 1. The van der Waals surface area contributed by atoms with Crippen LogP contribution in [0.4, 0.5) is 10.6 Å². The number of nitrogens with zero attached hydrogens (tertiary/aromatic N) is 5. The number of carbonyl (C=O) groups excluding carboxylic acids is 1. The van der Waals surface area contributed by atoms with E-state index in [4.69, 9.17) is 0 Å². The summed E-state index contributed by atoms with van der Waals surface area (Å²) >= 11 is 1.83. The molecule has 2 aromatic heterocycles. The van der Waals surface area contributed by atoms with Gasteiger partial charge < -0.3 is 19.7 Å². The molecular weight excluding hydrogens is 336 g/mol. The van der Waals surface area contributed by atoms with Gasteiger partial charge in [0.25, 0.3) is 0 Å². The largest absolute Gasteiger partial charge is 0.354 e. The molecule has 2 aliphatic rings. The number of anilines is 1. The molecule has 0 spiro atoms. The summed E-state index contributed by atoms with van der Waals surface area (Å²) in [4.78, 5) is 30.9. The molecule has 4 heterocycles. The first kappa shape index (κ1) is 16.5. The molecule has 1 N–H and O–H groups in total. The quantitative estimate of drug-likeness (QED) is 0.889. The second-order valence-electron chi connectivity index (χ2n) is 6.91. The normalized spacial score (nSPS) is 24.1. The van der Waals surface area contributed by atoms with Crippen LogP contribution in [-0.4, -0.2) is 75.1 Å². The molecule has 4 rings (SSSR count). The lowest BCUT2D eigenvalue weighted by Crippen LogP contribution is -2.55. The fourth-order valence-corrected chi connectivity index (χ4v) is 4.73. The van der Waals surface area contributed by atoms with Crippen LogP contribution in [0.1, 0.15) is 13.3 Å². The number of rotatable bonds is 2. The van der Waals surface area contributed by atoms with E-state index in [0.717, 1.165) is 54.5 Å².